The minimum atomic E-state index is -2.89. The predicted octanol–water partition coefficient (Wildman–Crippen LogP) is 3.30. The lowest BCUT2D eigenvalue weighted by Crippen LogP contribution is -2.38. The van der Waals surface area contributed by atoms with Crippen LogP contribution in [-0.4, -0.2) is 37.1 Å². The molecule has 2 aromatic rings. The van der Waals surface area contributed by atoms with Crippen LogP contribution in [0.3, 0.4) is 0 Å². The first kappa shape index (κ1) is 24.5. The Labute approximate surface area is 185 Å². The lowest BCUT2D eigenvalue weighted by Gasteiger charge is -2.14. The van der Waals surface area contributed by atoms with E-state index in [1.54, 1.807) is 37.5 Å². The molecule has 0 aliphatic rings. The van der Waals surface area contributed by atoms with Crippen molar-refractivity contribution in [2.75, 3.05) is 18.9 Å². The minimum absolute atomic E-state index is 0. The summed E-state index contributed by atoms with van der Waals surface area (Å²) in [7, 11) is 1.58. The van der Waals surface area contributed by atoms with Gasteiger partial charge in [-0.1, -0.05) is 24.3 Å². The first-order valence-corrected chi connectivity index (χ1v) is 8.67. The number of amides is 1. The number of benzene rings is 1. The van der Waals surface area contributed by atoms with Gasteiger partial charge < -0.3 is 20.7 Å². The number of hydrogen-bond donors (Lipinski definition) is 3. The number of aryl methyl sites for hydroxylation is 1. The van der Waals surface area contributed by atoms with Gasteiger partial charge in [-0.15, -0.1) is 24.0 Å². The third kappa shape index (κ3) is 9.03. The summed E-state index contributed by atoms with van der Waals surface area (Å²) in [5.74, 6) is 0.849. The van der Waals surface area contributed by atoms with Crippen LogP contribution >= 0.6 is 24.0 Å². The van der Waals surface area contributed by atoms with Gasteiger partial charge in [-0.05, 0) is 24.6 Å². The van der Waals surface area contributed by atoms with E-state index in [1.807, 2.05) is 13.0 Å². The van der Waals surface area contributed by atoms with Crippen molar-refractivity contribution >= 4 is 41.7 Å². The Hall–Kier alpha value is -2.50. The number of carbonyl (C=O) groups is 1. The van der Waals surface area contributed by atoms with E-state index in [1.165, 1.54) is 6.07 Å². The number of ether oxygens (including phenoxy) is 1. The first-order valence-electron chi connectivity index (χ1n) is 8.67. The molecule has 0 unspecified atom stereocenters. The first-order chi connectivity index (χ1) is 13.5. The number of aromatic nitrogens is 1. The Morgan fingerprint density at radius 1 is 1.21 bits per heavy atom. The molecule has 0 radical (unpaired) electrons. The van der Waals surface area contributed by atoms with E-state index in [9.17, 15) is 13.6 Å². The number of anilines is 1. The van der Waals surface area contributed by atoms with Gasteiger partial charge in [-0.3, -0.25) is 9.79 Å². The van der Waals surface area contributed by atoms with Crippen LogP contribution in [-0.2, 0) is 11.3 Å². The van der Waals surface area contributed by atoms with E-state index in [4.69, 9.17) is 0 Å². The molecule has 1 aromatic heterocycles. The lowest BCUT2D eigenvalue weighted by atomic mass is 10.2. The van der Waals surface area contributed by atoms with Crippen LogP contribution < -0.4 is 20.7 Å². The third-order valence-electron chi connectivity index (χ3n) is 3.68. The van der Waals surface area contributed by atoms with Crippen molar-refractivity contribution in [2.45, 2.75) is 26.5 Å². The van der Waals surface area contributed by atoms with Crippen molar-refractivity contribution in [1.29, 1.82) is 0 Å². The summed E-state index contributed by atoms with van der Waals surface area (Å²) in [5.41, 5.74) is 1.57. The largest absolute Gasteiger partial charge is 0.434 e. The maximum absolute atomic E-state index is 12.5. The molecule has 0 atom stereocenters. The van der Waals surface area contributed by atoms with Gasteiger partial charge in [0, 0.05) is 38.3 Å². The van der Waals surface area contributed by atoms with Crippen molar-refractivity contribution in [3.8, 4) is 5.75 Å². The van der Waals surface area contributed by atoms with Crippen LogP contribution in [0, 0.1) is 6.92 Å². The third-order valence-corrected chi connectivity index (χ3v) is 3.68. The molecule has 0 saturated heterocycles. The van der Waals surface area contributed by atoms with E-state index < -0.39 is 6.61 Å². The molecule has 2 rings (SSSR count). The van der Waals surface area contributed by atoms with Gasteiger partial charge in [0.25, 0.3) is 0 Å². The van der Waals surface area contributed by atoms with Crippen molar-refractivity contribution in [3.05, 3.63) is 53.7 Å². The summed E-state index contributed by atoms with van der Waals surface area (Å²) in [6, 6.07) is 10.1. The predicted molar refractivity (Wildman–Crippen MR) is 119 cm³/mol. The van der Waals surface area contributed by atoms with Gasteiger partial charge in [-0.25, -0.2) is 4.98 Å². The second kappa shape index (κ2) is 12.9. The number of carbonyl (C=O) groups excluding carboxylic acids is 1. The number of hydrogen-bond acceptors (Lipinski definition) is 4. The zero-order valence-corrected chi connectivity index (χ0v) is 18.4. The molecular weight excluding hydrogens is 495 g/mol. The number of nitrogens with zero attached hydrogens (tertiary/aromatic N) is 2. The maximum Gasteiger partial charge on any atom is 0.387 e. The number of para-hydroxylation sites is 1. The fourth-order valence-corrected chi connectivity index (χ4v) is 2.30. The highest BCUT2D eigenvalue weighted by Crippen LogP contribution is 2.19. The molecule has 0 aliphatic carbocycles. The van der Waals surface area contributed by atoms with Crippen LogP contribution in [0.25, 0.3) is 0 Å². The fourth-order valence-electron chi connectivity index (χ4n) is 2.30. The summed E-state index contributed by atoms with van der Waals surface area (Å²) in [6.07, 6.45) is 1.89. The molecule has 158 valence electrons. The van der Waals surface area contributed by atoms with E-state index in [2.05, 4.69) is 30.7 Å². The van der Waals surface area contributed by atoms with E-state index >= 15 is 0 Å². The molecule has 7 nitrogen and oxygen atoms in total. The molecule has 1 heterocycles. The zero-order chi connectivity index (χ0) is 20.4. The number of pyridine rings is 1. The Balaban J connectivity index is 0.00000420. The van der Waals surface area contributed by atoms with Crippen LogP contribution in [0.4, 0.5) is 14.6 Å². The Bertz CT molecular complexity index is 803. The minimum Gasteiger partial charge on any atom is -0.434 e. The molecular formula is C19H24F2IN5O2. The normalized spacial score (nSPS) is 10.9. The standard InChI is InChI=1S/C19H23F2N5O2.HI/c1-13-7-8-16(24-11-13)26-17(27)9-10-23-19(22-2)25-12-14-5-3-4-6-15(14)28-18(20)21;/h3-8,11,18H,9-10,12H2,1-2H3,(H2,22,23,25)(H,24,26,27);1H. The molecule has 0 spiro atoms. The molecule has 29 heavy (non-hydrogen) atoms. The summed E-state index contributed by atoms with van der Waals surface area (Å²) < 4.78 is 29.4. The number of rotatable bonds is 8. The number of guanidine groups is 1. The zero-order valence-electron chi connectivity index (χ0n) is 16.1. The van der Waals surface area contributed by atoms with Crippen LogP contribution in [0.2, 0.25) is 0 Å². The van der Waals surface area contributed by atoms with Gasteiger partial charge in [-0.2, -0.15) is 8.78 Å². The second-order valence-electron chi connectivity index (χ2n) is 5.86. The summed E-state index contributed by atoms with van der Waals surface area (Å²) >= 11 is 0. The number of halogens is 3. The van der Waals surface area contributed by atoms with Crippen molar-refractivity contribution in [3.63, 3.8) is 0 Å². The van der Waals surface area contributed by atoms with Crippen molar-refractivity contribution in [2.24, 2.45) is 4.99 Å². The average Bonchev–Trinajstić information content (AvgIpc) is 2.67. The number of alkyl halides is 2. The smallest absolute Gasteiger partial charge is 0.387 e. The fraction of sp³-hybridized carbons (Fsp3) is 0.316. The Morgan fingerprint density at radius 2 is 1.97 bits per heavy atom. The summed E-state index contributed by atoms with van der Waals surface area (Å²) in [6.45, 7) is -0.395. The number of aliphatic imine (C=N–C) groups is 1. The highest BCUT2D eigenvalue weighted by molar-refractivity contribution is 14.0. The van der Waals surface area contributed by atoms with Gasteiger partial charge in [0.05, 0.1) is 0 Å². The topological polar surface area (TPSA) is 87.6 Å². The summed E-state index contributed by atoms with van der Waals surface area (Å²) in [4.78, 5) is 20.1. The second-order valence-corrected chi connectivity index (χ2v) is 5.86. The highest BCUT2D eigenvalue weighted by atomic mass is 127. The van der Waals surface area contributed by atoms with Crippen LogP contribution in [0.1, 0.15) is 17.5 Å². The molecule has 0 saturated carbocycles. The van der Waals surface area contributed by atoms with Gasteiger partial charge in [0.1, 0.15) is 11.6 Å². The van der Waals surface area contributed by atoms with Gasteiger partial charge in [0.15, 0.2) is 5.96 Å². The molecule has 1 aromatic carbocycles. The maximum atomic E-state index is 12.5. The van der Waals surface area contributed by atoms with E-state index in [0.29, 0.717) is 23.9 Å². The average molecular weight is 519 g/mol. The summed E-state index contributed by atoms with van der Waals surface area (Å²) in [5, 5.41) is 8.70. The monoisotopic (exact) mass is 519 g/mol. The van der Waals surface area contributed by atoms with Crippen molar-refractivity contribution in [1.82, 2.24) is 15.6 Å². The SMILES string of the molecule is CN=C(NCCC(=O)Nc1ccc(C)cn1)NCc1ccccc1OC(F)F.I. The van der Waals surface area contributed by atoms with Crippen molar-refractivity contribution < 1.29 is 18.3 Å². The molecule has 0 bridgehead atoms. The van der Waals surface area contributed by atoms with Gasteiger partial charge >= 0.3 is 6.61 Å². The lowest BCUT2D eigenvalue weighted by molar-refractivity contribution is -0.116. The molecule has 0 fully saturated rings. The highest BCUT2D eigenvalue weighted by Gasteiger charge is 2.10. The molecule has 1 amide bonds. The van der Waals surface area contributed by atoms with Crippen LogP contribution in [0.15, 0.2) is 47.6 Å². The van der Waals surface area contributed by atoms with E-state index in [-0.39, 0.29) is 48.6 Å². The molecule has 10 heteroatoms. The number of nitrogens with one attached hydrogen (secondary N) is 3. The molecule has 3 N–H and O–H groups in total. The quantitative estimate of drug-likeness (QED) is 0.283. The Morgan fingerprint density at radius 3 is 2.62 bits per heavy atom. The Kier molecular flexibility index (Phi) is 10.9. The van der Waals surface area contributed by atoms with E-state index in [0.717, 1.165) is 5.56 Å². The molecule has 0 aliphatic heterocycles. The van der Waals surface area contributed by atoms with Crippen LogP contribution in [0.5, 0.6) is 5.75 Å². The van der Waals surface area contributed by atoms with Gasteiger partial charge in [0.2, 0.25) is 5.91 Å².